The first-order valence-corrected chi connectivity index (χ1v) is 16.2. The van der Waals surface area contributed by atoms with Crippen molar-refractivity contribution in [1.29, 1.82) is 0 Å². The third kappa shape index (κ3) is 8.30. The lowest BCUT2D eigenvalue weighted by molar-refractivity contribution is -0.268. The highest BCUT2D eigenvalue weighted by atomic mass is 32.2. The quantitative estimate of drug-likeness (QED) is 0.159. The first-order valence-electron chi connectivity index (χ1n) is 14.4. The molecule has 3 N–H and O–H groups in total. The number of rotatable bonds is 12. The average Bonchev–Trinajstić information content (AvgIpc) is 3.47. The molecule has 1 fully saturated rings. The molecule has 0 bridgehead atoms. The number of aliphatic hydroxyl groups excluding tert-OH is 1. The lowest BCUT2D eigenvalue weighted by Gasteiger charge is -2.41. The van der Waals surface area contributed by atoms with Crippen LogP contribution >= 0.6 is 23.1 Å². The molecule has 44 heavy (non-hydrogen) atoms. The number of hydrogen-bond donors (Lipinski definition) is 3. The maximum absolute atomic E-state index is 12.0. The Kier molecular flexibility index (Phi) is 10.8. The van der Waals surface area contributed by atoms with Crippen LogP contribution in [0.5, 0.6) is 0 Å². The first-order chi connectivity index (χ1) is 21.3. The van der Waals surface area contributed by atoms with Crippen LogP contribution in [-0.2, 0) is 32.2 Å². The van der Waals surface area contributed by atoms with Gasteiger partial charge in [-0.1, -0.05) is 90.7 Å². The van der Waals surface area contributed by atoms with Gasteiger partial charge >= 0.3 is 5.97 Å². The Labute approximate surface area is 264 Å². The number of carbonyl (C=O) groups excluding carboxylic acids is 1. The van der Waals surface area contributed by atoms with Crippen LogP contribution in [0.4, 0.5) is 0 Å². The lowest BCUT2D eigenvalue weighted by Crippen LogP contribution is -2.38. The summed E-state index contributed by atoms with van der Waals surface area (Å²) in [5, 5.41) is 30.5. The van der Waals surface area contributed by atoms with Gasteiger partial charge in [-0.15, -0.1) is 10.2 Å². The van der Waals surface area contributed by atoms with Gasteiger partial charge in [0.2, 0.25) is 5.91 Å². The van der Waals surface area contributed by atoms with Crippen molar-refractivity contribution in [3.05, 3.63) is 100 Å². The number of carbonyl (C=O) groups is 2. The number of aliphatic hydroxyl groups is 1. The van der Waals surface area contributed by atoms with Gasteiger partial charge in [-0.25, -0.2) is 0 Å². The van der Waals surface area contributed by atoms with Gasteiger partial charge in [-0.2, -0.15) is 0 Å². The minimum atomic E-state index is -0.995. The molecule has 3 aromatic carbocycles. The van der Waals surface area contributed by atoms with Crippen molar-refractivity contribution in [2.75, 3.05) is 5.75 Å². The van der Waals surface area contributed by atoms with Crippen molar-refractivity contribution >= 4 is 35.0 Å². The molecule has 2 heterocycles. The van der Waals surface area contributed by atoms with E-state index in [2.05, 4.69) is 28.5 Å². The Morgan fingerprint density at radius 2 is 1.68 bits per heavy atom. The Bertz CT molecular complexity index is 1580. The van der Waals surface area contributed by atoms with Gasteiger partial charge in [0.05, 0.1) is 25.2 Å². The van der Waals surface area contributed by atoms with Crippen LogP contribution in [0.2, 0.25) is 0 Å². The summed E-state index contributed by atoms with van der Waals surface area (Å²) in [6.45, 7) is 4.38. The number of nitrogens with zero attached hydrogens (tertiary/aromatic N) is 2. The van der Waals surface area contributed by atoms with Crippen molar-refractivity contribution in [2.24, 2.45) is 5.92 Å². The summed E-state index contributed by atoms with van der Waals surface area (Å²) in [6, 6.07) is 23.8. The smallest absolute Gasteiger partial charge is 0.303 e. The molecule has 1 aromatic heterocycles. The molecule has 0 saturated carbocycles. The van der Waals surface area contributed by atoms with Crippen molar-refractivity contribution in [3.63, 3.8) is 0 Å². The summed E-state index contributed by atoms with van der Waals surface area (Å²) in [5.41, 5.74) is 5.62. The van der Waals surface area contributed by atoms with Gasteiger partial charge in [0.1, 0.15) is 5.01 Å². The van der Waals surface area contributed by atoms with Gasteiger partial charge < -0.3 is 25.0 Å². The fraction of sp³-hybridized carbons (Fsp3) is 0.333. The monoisotopic (exact) mass is 633 g/mol. The molecule has 1 amide bonds. The zero-order chi connectivity index (χ0) is 31.1. The lowest BCUT2D eigenvalue weighted by atomic mass is 9.91. The van der Waals surface area contributed by atoms with E-state index in [0.29, 0.717) is 12.3 Å². The van der Waals surface area contributed by atoms with E-state index in [1.165, 1.54) is 0 Å². The number of carboxylic acids is 1. The molecular weight excluding hydrogens is 599 g/mol. The van der Waals surface area contributed by atoms with Gasteiger partial charge in [0.15, 0.2) is 10.6 Å². The van der Waals surface area contributed by atoms with Crippen LogP contribution in [0.15, 0.2) is 77.1 Å². The number of aromatic nitrogens is 2. The fourth-order valence-electron chi connectivity index (χ4n) is 5.04. The minimum Gasteiger partial charge on any atom is -0.481 e. The van der Waals surface area contributed by atoms with Crippen LogP contribution in [0.3, 0.4) is 0 Å². The van der Waals surface area contributed by atoms with E-state index in [1.54, 1.807) is 23.1 Å². The number of nitrogens with one attached hydrogen (secondary N) is 1. The SMILES string of the molecule is Cc1nnc(SC[C@H]2O[C@@H](c3cccc(-c4cccc(CNC(=O)CCC(=O)O)c4)c3)O[C@@H](c3ccc(CO)cc3)[C@H]2C)s1. The third-order valence-electron chi connectivity index (χ3n) is 7.48. The molecule has 11 heteroatoms. The predicted molar refractivity (Wildman–Crippen MR) is 169 cm³/mol. The van der Waals surface area contributed by atoms with Crippen LogP contribution in [-0.4, -0.2) is 44.1 Å². The van der Waals surface area contributed by atoms with E-state index in [0.717, 1.165) is 42.7 Å². The maximum Gasteiger partial charge on any atom is 0.303 e. The number of aliphatic carboxylic acids is 1. The molecule has 1 aliphatic rings. The number of benzene rings is 3. The highest BCUT2D eigenvalue weighted by Gasteiger charge is 2.38. The molecule has 0 radical (unpaired) electrons. The summed E-state index contributed by atoms with van der Waals surface area (Å²) in [7, 11) is 0. The highest BCUT2D eigenvalue weighted by molar-refractivity contribution is 8.01. The van der Waals surface area contributed by atoms with Gasteiger partial charge in [-0.3, -0.25) is 9.59 Å². The van der Waals surface area contributed by atoms with E-state index in [1.807, 2.05) is 73.7 Å². The normalized spacial score (nSPS) is 19.9. The Balaban J connectivity index is 1.35. The summed E-state index contributed by atoms with van der Waals surface area (Å²) < 4.78 is 14.2. The van der Waals surface area contributed by atoms with Gasteiger partial charge in [0.25, 0.3) is 0 Å². The van der Waals surface area contributed by atoms with E-state index in [-0.39, 0.29) is 43.5 Å². The van der Waals surface area contributed by atoms with Crippen LogP contribution in [0.1, 0.15) is 59.4 Å². The number of hydrogen-bond acceptors (Lipinski definition) is 9. The van der Waals surface area contributed by atoms with Crippen molar-refractivity contribution in [1.82, 2.24) is 15.5 Å². The third-order valence-corrected chi connectivity index (χ3v) is 9.54. The first kappa shape index (κ1) is 31.8. The molecular formula is C33H35N3O6S2. The second kappa shape index (κ2) is 14.9. The van der Waals surface area contributed by atoms with Crippen LogP contribution in [0, 0.1) is 12.8 Å². The Hall–Kier alpha value is -3.61. The molecule has 0 unspecified atom stereocenters. The van der Waals surface area contributed by atoms with Crippen LogP contribution in [0.25, 0.3) is 11.1 Å². The zero-order valence-corrected chi connectivity index (χ0v) is 26.1. The molecule has 9 nitrogen and oxygen atoms in total. The van der Waals surface area contributed by atoms with E-state index < -0.39 is 12.3 Å². The molecule has 0 aliphatic carbocycles. The summed E-state index contributed by atoms with van der Waals surface area (Å²) >= 11 is 3.21. The largest absolute Gasteiger partial charge is 0.481 e. The highest BCUT2D eigenvalue weighted by Crippen LogP contribution is 2.43. The van der Waals surface area contributed by atoms with Gasteiger partial charge in [-0.05, 0) is 46.9 Å². The zero-order valence-electron chi connectivity index (χ0n) is 24.5. The average molecular weight is 634 g/mol. The number of aryl methyl sites for hydroxylation is 1. The fourth-order valence-corrected chi connectivity index (χ4v) is 7.04. The number of amides is 1. The van der Waals surface area contributed by atoms with Crippen LogP contribution < -0.4 is 5.32 Å². The predicted octanol–water partition coefficient (Wildman–Crippen LogP) is 6.07. The van der Waals surface area contributed by atoms with E-state index in [9.17, 15) is 14.7 Å². The molecule has 1 aliphatic heterocycles. The topological polar surface area (TPSA) is 131 Å². The Morgan fingerprint density at radius 1 is 0.932 bits per heavy atom. The number of thioether (sulfide) groups is 1. The van der Waals surface area contributed by atoms with Crippen molar-refractivity contribution < 1.29 is 29.3 Å². The maximum atomic E-state index is 12.0. The Morgan fingerprint density at radius 3 is 2.39 bits per heavy atom. The summed E-state index contributed by atoms with van der Waals surface area (Å²) in [5.74, 6) is -0.542. The van der Waals surface area contributed by atoms with Crippen molar-refractivity contribution in [3.8, 4) is 11.1 Å². The van der Waals surface area contributed by atoms with E-state index in [4.69, 9.17) is 14.6 Å². The minimum absolute atomic E-state index is 0.0152. The summed E-state index contributed by atoms with van der Waals surface area (Å²) in [6.07, 6.45) is -1.20. The number of ether oxygens (including phenoxy) is 2. The molecule has 4 atom stereocenters. The summed E-state index contributed by atoms with van der Waals surface area (Å²) in [4.78, 5) is 22.8. The second-order valence-corrected chi connectivity index (χ2v) is 13.2. The molecule has 230 valence electrons. The molecule has 4 aromatic rings. The number of carboxylic acid groups (broad SMARTS) is 1. The second-order valence-electron chi connectivity index (χ2n) is 10.7. The van der Waals surface area contributed by atoms with Gasteiger partial charge in [0, 0.05) is 30.2 Å². The molecule has 5 rings (SSSR count). The van der Waals surface area contributed by atoms with Crippen molar-refractivity contribution in [2.45, 2.75) is 62.7 Å². The standard InChI is InChI=1S/C33H35N3O6S2/c1-20-28(19-43-33-36-35-21(2)44-33)41-32(42-31(20)24-11-9-22(18-37)10-12-24)27-8-4-7-26(16-27)25-6-3-5-23(15-25)17-34-29(38)13-14-30(39)40/h3-12,15-16,20,28,31-32,37H,13-14,17-19H2,1-2H3,(H,34,38)(H,39,40)/t20-,28+,31+,32+/m0/s1. The molecule has 0 spiro atoms. The van der Waals surface area contributed by atoms with E-state index >= 15 is 0 Å². The molecule has 1 saturated heterocycles.